The van der Waals surface area contributed by atoms with Crippen LogP contribution in [0.5, 0.6) is 0 Å². The molecule has 0 amide bonds. The fourth-order valence-corrected chi connectivity index (χ4v) is 0.594. The molecule has 0 bridgehead atoms. The smallest absolute Gasteiger partial charge is 0.0411 e. The summed E-state index contributed by atoms with van der Waals surface area (Å²) in [6.45, 7) is 7.32. The van der Waals surface area contributed by atoms with E-state index in [-0.39, 0.29) is 0 Å². The topological polar surface area (TPSA) is 3.24 Å². The lowest BCUT2D eigenvalue weighted by atomic mass is 10.5. The fourth-order valence-electron chi connectivity index (χ4n) is 0.452. The van der Waals surface area contributed by atoms with E-state index in [0.717, 1.165) is 12.4 Å². The highest BCUT2D eigenvalue weighted by Crippen LogP contribution is 1.85. The largest absolute Gasteiger partial charge is 0.297 e. The van der Waals surface area contributed by atoms with Gasteiger partial charge in [-0.3, -0.25) is 4.90 Å². The van der Waals surface area contributed by atoms with Crippen molar-refractivity contribution in [2.24, 2.45) is 0 Å². The molecular weight excluding hydrogens is 130 g/mol. The first-order valence-electron chi connectivity index (χ1n) is 3.60. The van der Waals surface area contributed by atoms with Gasteiger partial charge in [0.2, 0.25) is 0 Å². The van der Waals surface area contributed by atoms with Gasteiger partial charge in [0, 0.05) is 5.88 Å². The van der Waals surface area contributed by atoms with Gasteiger partial charge in [0.1, 0.15) is 0 Å². The van der Waals surface area contributed by atoms with Crippen molar-refractivity contribution in [3.63, 3.8) is 0 Å². The van der Waals surface area contributed by atoms with Crippen molar-refractivity contribution in [1.29, 1.82) is 0 Å². The number of rotatable bonds is 3. The highest BCUT2D eigenvalue weighted by atomic mass is 32.1. The third-order valence-corrected chi connectivity index (χ3v) is 1.33. The van der Waals surface area contributed by atoms with Gasteiger partial charge in [-0.25, -0.2) is 0 Å². The highest BCUT2D eigenvalue weighted by molar-refractivity contribution is 7.80. The van der Waals surface area contributed by atoms with Gasteiger partial charge in [0.15, 0.2) is 0 Å². The molecule has 0 aliphatic carbocycles. The van der Waals surface area contributed by atoms with E-state index in [1.165, 1.54) is 6.42 Å². The summed E-state index contributed by atoms with van der Waals surface area (Å²) in [6.07, 6.45) is 1.22. The molecule has 0 aliphatic heterocycles. The lowest BCUT2D eigenvalue weighted by molar-refractivity contribution is 0.394. The molecule has 0 atom stereocenters. The van der Waals surface area contributed by atoms with Crippen molar-refractivity contribution in [2.75, 3.05) is 19.5 Å². The second-order valence-electron chi connectivity index (χ2n) is 1.72. The minimum absolute atomic E-state index is 0.869. The summed E-state index contributed by atoms with van der Waals surface area (Å²) in [5.74, 6) is 0.869. The van der Waals surface area contributed by atoms with Crippen LogP contribution in [0.4, 0.5) is 0 Å². The van der Waals surface area contributed by atoms with Crippen LogP contribution in [0, 0.1) is 0 Å². The zero-order chi connectivity index (χ0) is 7.70. The van der Waals surface area contributed by atoms with Gasteiger partial charge in [-0.15, -0.1) is 0 Å². The maximum absolute atomic E-state index is 4.08. The number of hydrogen-bond acceptors (Lipinski definition) is 2. The molecule has 0 unspecified atom stereocenters. The molecule has 0 heterocycles. The van der Waals surface area contributed by atoms with E-state index in [2.05, 4.69) is 31.5 Å². The van der Waals surface area contributed by atoms with Gasteiger partial charge >= 0.3 is 0 Å². The van der Waals surface area contributed by atoms with Gasteiger partial charge in [-0.1, -0.05) is 20.8 Å². The third kappa shape index (κ3) is 11.7. The number of nitrogens with zero attached hydrogens (tertiary/aromatic N) is 1. The molecule has 0 aromatic carbocycles. The van der Waals surface area contributed by atoms with E-state index in [1.54, 1.807) is 0 Å². The van der Waals surface area contributed by atoms with E-state index < -0.39 is 0 Å². The van der Waals surface area contributed by atoms with Crippen LogP contribution < -0.4 is 0 Å². The lowest BCUT2D eigenvalue weighted by Gasteiger charge is -2.09. The first-order valence-corrected chi connectivity index (χ1v) is 4.24. The van der Waals surface area contributed by atoms with Crippen LogP contribution in [0.25, 0.3) is 0 Å². The van der Waals surface area contributed by atoms with E-state index in [0.29, 0.717) is 0 Å². The van der Waals surface area contributed by atoms with Crippen LogP contribution in [0.3, 0.4) is 0 Å². The van der Waals surface area contributed by atoms with Gasteiger partial charge < -0.3 is 0 Å². The van der Waals surface area contributed by atoms with Crippen molar-refractivity contribution >= 4 is 12.6 Å². The molecule has 9 heavy (non-hydrogen) atoms. The van der Waals surface area contributed by atoms with Crippen molar-refractivity contribution in [3.05, 3.63) is 0 Å². The van der Waals surface area contributed by atoms with Gasteiger partial charge in [0.05, 0.1) is 0 Å². The van der Waals surface area contributed by atoms with E-state index in [9.17, 15) is 0 Å². The second kappa shape index (κ2) is 11.2. The van der Waals surface area contributed by atoms with E-state index in [4.69, 9.17) is 0 Å². The van der Waals surface area contributed by atoms with Crippen LogP contribution >= 0.6 is 12.6 Å². The number of thiol groups is 1. The SMILES string of the molecule is CC.CCCN(C)CS. The van der Waals surface area contributed by atoms with Crippen LogP contribution in [-0.2, 0) is 0 Å². The summed E-state index contributed by atoms with van der Waals surface area (Å²) in [7, 11) is 2.07. The summed E-state index contributed by atoms with van der Waals surface area (Å²) in [5.41, 5.74) is 0. The lowest BCUT2D eigenvalue weighted by Crippen LogP contribution is -2.16. The van der Waals surface area contributed by atoms with Crippen molar-refractivity contribution in [2.45, 2.75) is 27.2 Å². The Labute approximate surface area is 64.8 Å². The standard InChI is InChI=1S/C5H13NS.C2H6/c1-3-4-6(2)5-7;1-2/h7H,3-5H2,1-2H3;1-2H3. The molecule has 0 saturated heterocycles. The predicted molar refractivity (Wildman–Crippen MR) is 48.1 cm³/mol. The van der Waals surface area contributed by atoms with Gasteiger partial charge in [-0.2, -0.15) is 12.6 Å². The second-order valence-corrected chi connectivity index (χ2v) is 2.00. The molecule has 2 heteroatoms. The minimum atomic E-state index is 0.869. The normalized spacial score (nSPS) is 8.67. The molecule has 0 rings (SSSR count). The van der Waals surface area contributed by atoms with Crippen LogP contribution in [0.15, 0.2) is 0 Å². The molecule has 58 valence electrons. The zero-order valence-electron chi connectivity index (χ0n) is 7.02. The maximum Gasteiger partial charge on any atom is 0.0411 e. The summed E-state index contributed by atoms with van der Waals surface area (Å²) >= 11 is 4.08. The Morgan fingerprint density at radius 1 is 1.33 bits per heavy atom. The summed E-state index contributed by atoms with van der Waals surface area (Å²) in [4.78, 5) is 2.17. The highest BCUT2D eigenvalue weighted by Gasteiger charge is 1.87. The molecule has 0 radical (unpaired) electrons. The zero-order valence-corrected chi connectivity index (χ0v) is 7.91. The van der Waals surface area contributed by atoms with Crippen LogP contribution in [0.2, 0.25) is 0 Å². The monoisotopic (exact) mass is 149 g/mol. The Morgan fingerprint density at radius 2 is 1.78 bits per heavy atom. The Hall–Kier alpha value is 0.310. The summed E-state index contributed by atoms with van der Waals surface area (Å²) < 4.78 is 0. The first kappa shape index (κ1) is 12.0. The average Bonchev–Trinajstić information content (AvgIpc) is 1.93. The molecular formula is C7H19NS. The van der Waals surface area contributed by atoms with Crippen molar-refractivity contribution in [3.8, 4) is 0 Å². The van der Waals surface area contributed by atoms with E-state index >= 15 is 0 Å². The molecule has 0 aliphatic rings. The maximum atomic E-state index is 4.08. The molecule has 0 aromatic heterocycles. The van der Waals surface area contributed by atoms with Gasteiger partial charge in [0.25, 0.3) is 0 Å². The van der Waals surface area contributed by atoms with Gasteiger partial charge in [-0.05, 0) is 20.0 Å². The Bertz CT molecular complexity index is 39.9. The Morgan fingerprint density at radius 3 is 1.89 bits per heavy atom. The Balaban J connectivity index is 0. The molecule has 0 spiro atoms. The fraction of sp³-hybridized carbons (Fsp3) is 1.00. The predicted octanol–water partition coefficient (Wildman–Crippen LogP) is 2.24. The molecule has 0 saturated carbocycles. The molecule has 0 aromatic rings. The molecule has 0 N–H and O–H groups in total. The summed E-state index contributed by atoms with van der Waals surface area (Å²) in [6, 6.07) is 0. The minimum Gasteiger partial charge on any atom is -0.297 e. The Kier molecular flexibility index (Phi) is 14.9. The molecule has 0 fully saturated rings. The third-order valence-electron chi connectivity index (χ3n) is 0.847. The van der Waals surface area contributed by atoms with Crippen LogP contribution in [0.1, 0.15) is 27.2 Å². The quantitative estimate of drug-likeness (QED) is 0.476. The van der Waals surface area contributed by atoms with Crippen molar-refractivity contribution < 1.29 is 0 Å². The number of hydrogen-bond donors (Lipinski definition) is 1. The van der Waals surface area contributed by atoms with E-state index in [1.807, 2.05) is 13.8 Å². The first-order chi connectivity index (χ1) is 4.31. The average molecular weight is 149 g/mol. The van der Waals surface area contributed by atoms with Crippen molar-refractivity contribution in [1.82, 2.24) is 4.90 Å². The molecule has 1 nitrogen and oxygen atoms in total. The summed E-state index contributed by atoms with van der Waals surface area (Å²) in [5, 5.41) is 0. The van der Waals surface area contributed by atoms with Crippen LogP contribution in [-0.4, -0.2) is 24.4 Å².